The second kappa shape index (κ2) is 4.98. The third-order valence-corrected chi connectivity index (χ3v) is 2.66. The average molecular weight is 243 g/mol. The van der Waals surface area contributed by atoms with Crippen molar-refractivity contribution >= 4 is 0 Å². The number of hydrogen-bond donors (Lipinski definition) is 4. The van der Waals surface area contributed by atoms with E-state index in [-0.39, 0.29) is 5.82 Å². The lowest BCUT2D eigenvalue weighted by Crippen LogP contribution is -2.55. The second-order valence-corrected chi connectivity index (χ2v) is 3.75. The van der Waals surface area contributed by atoms with Gasteiger partial charge in [-0.25, -0.2) is 15.0 Å². The van der Waals surface area contributed by atoms with Gasteiger partial charge in [0.05, 0.1) is 6.61 Å². The zero-order valence-electron chi connectivity index (χ0n) is 8.79. The molecule has 1 aromatic rings. The Balaban J connectivity index is 2.23. The van der Waals surface area contributed by atoms with Crippen LogP contribution < -0.4 is 0 Å². The van der Waals surface area contributed by atoms with E-state index < -0.39 is 37.1 Å². The molecule has 8 heteroatoms. The van der Waals surface area contributed by atoms with Crippen molar-refractivity contribution in [3.05, 3.63) is 18.5 Å². The maximum Gasteiger partial charge on any atom is 0.163 e. The number of nitrogens with zero attached hydrogens (tertiary/aromatic N) is 3. The van der Waals surface area contributed by atoms with E-state index in [1.807, 2.05) is 0 Å². The van der Waals surface area contributed by atoms with E-state index in [9.17, 15) is 15.3 Å². The summed E-state index contributed by atoms with van der Waals surface area (Å²) in [5.41, 5.74) is 0. The topological polar surface area (TPSA) is 129 Å². The van der Waals surface area contributed by atoms with Crippen molar-refractivity contribution in [1.82, 2.24) is 15.0 Å². The van der Waals surface area contributed by atoms with Gasteiger partial charge in [0.15, 0.2) is 5.82 Å². The Hall–Kier alpha value is -1.19. The highest BCUT2D eigenvalue weighted by atomic mass is 16.5. The predicted octanol–water partition coefficient (Wildman–Crippen LogP) is -2.61. The fraction of sp³-hybridized carbons (Fsp3) is 0.667. The third-order valence-electron chi connectivity index (χ3n) is 2.66. The van der Waals surface area contributed by atoms with Crippen molar-refractivity contribution in [2.45, 2.75) is 30.5 Å². The fourth-order valence-electron chi connectivity index (χ4n) is 1.71. The minimum absolute atomic E-state index is 0.136. The van der Waals surface area contributed by atoms with E-state index in [2.05, 4.69) is 15.0 Å². The summed E-state index contributed by atoms with van der Waals surface area (Å²) in [5.74, 6) is 0.136. The molecule has 1 aliphatic rings. The highest BCUT2D eigenvalue weighted by Crippen LogP contribution is 2.29. The Morgan fingerprint density at radius 3 is 2.29 bits per heavy atom. The van der Waals surface area contributed by atoms with E-state index in [0.29, 0.717) is 0 Å². The molecule has 1 saturated heterocycles. The molecule has 2 heterocycles. The maximum absolute atomic E-state index is 9.76. The van der Waals surface area contributed by atoms with Gasteiger partial charge >= 0.3 is 0 Å². The van der Waals surface area contributed by atoms with Gasteiger partial charge in [-0.1, -0.05) is 0 Å². The van der Waals surface area contributed by atoms with Crippen LogP contribution >= 0.6 is 0 Å². The van der Waals surface area contributed by atoms with Crippen LogP contribution in [-0.4, -0.2) is 66.4 Å². The molecule has 0 aromatic carbocycles. The molecule has 1 aliphatic heterocycles. The van der Waals surface area contributed by atoms with Crippen LogP contribution in [0.5, 0.6) is 0 Å². The summed E-state index contributed by atoms with van der Waals surface area (Å²) >= 11 is 0. The molecule has 5 atom stereocenters. The summed E-state index contributed by atoms with van der Waals surface area (Å²) in [5, 5.41) is 37.9. The van der Waals surface area contributed by atoms with Crippen molar-refractivity contribution in [3.8, 4) is 0 Å². The van der Waals surface area contributed by atoms with Gasteiger partial charge in [-0.2, -0.15) is 0 Å². The van der Waals surface area contributed by atoms with Crippen LogP contribution in [0.15, 0.2) is 12.7 Å². The van der Waals surface area contributed by atoms with E-state index in [1.165, 1.54) is 12.7 Å². The van der Waals surface area contributed by atoms with Crippen LogP contribution in [0.1, 0.15) is 11.9 Å². The Bertz CT molecular complexity index is 363. The lowest BCUT2D eigenvalue weighted by molar-refractivity contribution is -0.233. The van der Waals surface area contributed by atoms with Crippen LogP contribution in [0.4, 0.5) is 0 Å². The summed E-state index contributed by atoms with van der Waals surface area (Å²) < 4.78 is 5.25. The molecule has 0 amide bonds. The van der Waals surface area contributed by atoms with Crippen molar-refractivity contribution < 1.29 is 25.2 Å². The summed E-state index contributed by atoms with van der Waals surface area (Å²) in [6, 6.07) is 0. The van der Waals surface area contributed by atoms with E-state index >= 15 is 0 Å². The lowest BCUT2D eigenvalue weighted by atomic mass is 9.95. The first-order valence-electron chi connectivity index (χ1n) is 5.07. The first-order valence-corrected chi connectivity index (χ1v) is 5.07. The lowest BCUT2D eigenvalue weighted by Gasteiger charge is -2.39. The monoisotopic (exact) mass is 243 g/mol. The van der Waals surface area contributed by atoms with Gasteiger partial charge in [-0.15, -0.1) is 0 Å². The van der Waals surface area contributed by atoms with Crippen molar-refractivity contribution in [3.63, 3.8) is 0 Å². The highest BCUT2D eigenvalue weighted by Gasteiger charge is 2.45. The van der Waals surface area contributed by atoms with Gasteiger partial charge in [-0.3, -0.25) is 0 Å². The molecule has 8 nitrogen and oxygen atoms in total. The number of aliphatic hydroxyl groups excluding tert-OH is 4. The third kappa shape index (κ3) is 2.26. The molecule has 0 bridgehead atoms. The molecular formula is C9H13N3O5. The molecule has 94 valence electrons. The smallest absolute Gasteiger partial charge is 0.163 e. The van der Waals surface area contributed by atoms with Crippen LogP contribution in [0.3, 0.4) is 0 Å². The number of aromatic nitrogens is 3. The molecule has 0 aliphatic carbocycles. The zero-order chi connectivity index (χ0) is 12.4. The van der Waals surface area contributed by atoms with E-state index in [1.54, 1.807) is 0 Å². The standard InChI is InChI=1S/C9H13N3O5/c13-1-4-5(14)6(15)7(16)8(17-4)9-11-2-10-3-12-9/h2-8,13-16H,1H2/t4-,5+,6+,7-,8?/m1/s1. The molecule has 2 rings (SSSR count). The van der Waals surface area contributed by atoms with Crippen molar-refractivity contribution in [2.75, 3.05) is 6.61 Å². The molecule has 17 heavy (non-hydrogen) atoms. The van der Waals surface area contributed by atoms with Gasteiger partial charge < -0.3 is 25.2 Å². The van der Waals surface area contributed by atoms with Gasteiger partial charge in [0.25, 0.3) is 0 Å². The molecular weight excluding hydrogens is 230 g/mol. The van der Waals surface area contributed by atoms with Crippen LogP contribution in [0, 0.1) is 0 Å². The molecule has 1 aromatic heterocycles. The SMILES string of the molecule is OC[C@H]1OC(c2ncncn2)[C@H](O)[C@@H](O)[C@H]1O. The van der Waals surface area contributed by atoms with Crippen molar-refractivity contribution in [1.29, 1.82) is 0 Å². The summed E-state index contributed by atoms with van der Waals surface area (Å²) in [7, 11) is 0. The van der Waals surface area contributed by atoms with Crippen LogP contribution in [0.25, 0.3) is 0 Å². The van der Waals surface area contributed by atoms with Crippen LogP contribution in [0.2, 0.25) is 0 Å². The molecule has 0 saturated carbocycles. The summed E-state index contributed by atoms with van der Waals surface area (Å²) in [6.07, 6.45) is -3.69. The largest absolute Gasteiger partial charge is 0.394 e. The first-order chi connectivity index (χ1) is 8.15. The van der Waals surface area contributed by atoms with E-state index in [4.69, 9.17) is 9.84 Å². The Labute approximate surface area is 96.6 Å². The average Bonchev–Trinajstić information content (AvgIpc) is 2.37. The normalized spacial score (nSPS) is 38.0. The summed E-state index contributed by atoms with van der Waals surface area (Å²) in [4.78, 5) is 11.2. The Morgan fingerprint density at radius 1 is 1.06 bits per heavy atom. The molecule has 0 spiro atoms. The first kappa shape index (κ1) is 12.3. The quantitative estimate of drug-likeness (QED) is 0.444. The number of ether oxygens (including phenoxy) is 1. The van der Waals surface area contributed by atoms with Gasteiger partial charge in [-0.05, 0) is 0 Å². The van der Waals surface area contributed by atoms with Gasteiger partial charge in [0.1, 0.15) is 43.2 Å². The van der Waals surface area contributed by atoms with E-state index in [0.717, 1.165) is 0 Å². The van der Waals surface area contributed by atoms with Crippen molar-refractivity contribution in [2.24, 2.45) is 0 Å². The Kier molecular flexibility index (Phi) is 3.60. The molecule has 1 fully saturated rings. The zero-order valence-corrected chi connectivity index (χ0v) is 8.79. The summed E-state index contributed by atoms with van der Waals surface area (Å²) in [6.45, 7) is -0.480. The number of rotatable bonds is 2. The predicted molar refractivity (Wildman–Crippen MR) is 52.5 cm³/mol. The van der Waals surface area contributed by atoms with Gasteiger partial charge in [0.2, 0.25) is 0 Å². The Morgan fingerprint density at radius 2 is 1.71 bits per heavy atom. The van der Waals surface area contributed by atoms with Gasteiger partial charge in [0, 0.05) is 0 Å². The molecule has 0 radical (unpaired) electrons. The van der Waals surface area contributed by atoms with Crippen LogP contribution in [-0.2, 0) is 4.74 Å². The number of aliphatic hydroxyl groups is 4. The maximum atomic E-state index is 9.76. The number of hydrogen-bond acceptors (Lipinski definition) is 8. The fourth-order valence-corrected chi connectivity index (χ4v) is 1.71. The second-order valence-electron chi connectivity index (χ2n) is 3.75. The minimum atomic E-state index is -1.43. The minimum Gasteiger partial charge on any atom is -0.394 e. The molecule has 1 unspecified atom stereocenters. The molecule has 4 N–H and O–H groups in total. The highest BCUT2D eigenvalue weighted by molar-refractivity contribution is 5.01.